The van der Waals surface area contributed by atoms with Gasteiger partial charge in [-0.05, 0) is 6.08 Å². The van der Waals surface area contributed by atoms with E-state index in [0.29, 0.717) is 6.29 Å². The molecule has 0 aliphatic rings. The average molecular weight is 80.1 g/mol. The van der Waals surface area contributed by atoms with Gasteiger partial charge in [0.25, 0.3) is 0 Å². The quantitative estimate of drug-likeness (QED) is 0.193. The van der Waals surface area contributed by atoms with Gasteiger partial charge in [0.2, 0.25) is 0 Å². The monoisotopic (exact) mass is 80.0 g/mol. The summed E-state index contributed by atoms with van der Waals surface area (Å²) < 4.78 is 0. The molecule has 0 unspecified atom stereocenters. The van der Waals surface area contributed by atoms with Gasteiger partial charge in [0.15, 0.2) is 0 Å². The van der Waals surface area contributed by atoms with E-state index in [1.807, 2.05) is 0 Å². The van der Waals surface area contributed by atoms with Crippen molar-refractivity contribution in [2.45, 2.75) is 0 Å². The summed E-state index contributed by atoms with van der Waals surface area (Å²) in [6, 6.07) is 0. The number of hydrogen-bond acceptors (Lipinski definition) is 1. The maximum absolute atomic E-state index is 9.06. The molecule has 0 aromatic heterocycles. The van der Waals surface area contributed by atoms with E-state index in [1.165, 1.54) is 6.08 Å². The smallest absolute Gasteiger partial charge is 1.00 e. The third-order valence-corrected chi connectivity index (χ3v) is 0.0962. The molecule has 0 spiro atoms. The number of aldehydes is 1. The van der Waals surface area contributed by atoms with Gasteiger partial charge in [0.05, 0.1) is 0 Å². The van der Waals surface area contributed by atoms with Crippen LogP contribution in [0.5, 0.6) is 0 Å². The zero-order valence-corrected chi connectivity index (χ0v) is 5.27. The molecule has 0 bridgehead atoms. The van der Waals surface area contributed by atoms with Crippen molar-refractivity contribution in [1.82, 2.24) is 0 Å². The van der Waals surface area contributed by atoms with E-state index in [2.05, 4.69) is 6.58 Å². The Balaban J connectivity index is -0.0000000450. The molecule has 0 aliphatic heterocycles. The molecule has 0 fully saturated rings. The minimum Gasteiger partial charge on any atom is -1.00 e. The molecule has 0 saturated heterocycles. The van der Waals surface area contributed by atoms with Crippen molar-refractivity contribution < 1.29 is 35.8 Å². The Labute approximate surface area is 54.8 Å². The van der Waals surface area contributed by atoms with E-state index in [4.69, 9.17) is 4.79 Å². The predicted molar refractivity (Wildman–Crippen MR) is 17.4 cm³/mol. The molecular weight excluding hydrogens is 75.0 g/mol. The van der Waals surface area contributed by atoms with Gasteiger partial charge in [-0.1, -0.05) is 6.58 Å². The zero-order chi connectivity index (χ0) is 3.41. The predicted octanol–water partition coefficient (Wildman–Crippen LogP) is -2.51. The number of carbonyl (C=O) groups excluding carboxylic acids is 1. The van der Waals surface area contributed by atoms with Gasteiger partial charge in [-0.15, -0.1) is 0 Å². The third kappa shape index (κ3) is 12.9. The fourth-order valence-corrected chi connectivity index (χ4v) is 0. The van der Waals surface area contributed by atoms with Crippen molar-refractivity contribution in [3.8, 4) is 0 Å². The van der Waals surface area contributed by atoms with Crippen molar-refractivity contribution in [1.29, 1.82) is 0 Å². The molecule has 1 nitrogen and oxygen atoms in total. The molecule has 24 valence electrons. The van der Waals surface area contributed by atoms with Crippen LogP contribution in [0, 0.1) is 0 Å². The van der Waals surface area contributed by atoms with Crippen molar-refractivity contribution >= 4 is 6.29 Å². The van der Waals surface area contributed by atoms with Gasteiger partial charge in [0, 0.05) is 0 Å². The fraction of sp³-hybridized carbons (Fsp3) is 0. The molecule has 0 saturated carbocycles. The molecule has 0 rings (SSSR count). The summed E-state index contributed by atoms with van der Waals surface area (Å²) in [5.74, 6) is 0. The number of rotatable bonds is 1. The Bertz CT molecular complexity index is 31.8. The summed E-state index contributed by atoms with van der Waals surface area (Å²) in [7, 11) is 0. The van der Waals surface area contributed by atoms with E-state index >= 15 is 0 Å². The Morgan fingerprint density at radius 2 is 2.00 bits per heavy atom. The molecule has 0 radical (unpaired) electrons. The molecule has 0 amide bonds. The third-order valence-electron chi connectivity index (χ3n) is 0.0962. The first kappa shape index (κ1) is 9.05. The van der Waals surface area contributed by atoms with Crippen molar-refractivity contribution in [2.75, 3.05) is 0 Å². The van der Waals surface area contributed by atoms with Crippen LogP contribution in [0.2, 0.25) is 0 Å². The van der Waals surface area contributed by atoms with Crippen LogP contribution in [-0.4, -0.2) is 6.29 Å². The summed E-state index contributed by atoms with van der Waals surface area (Å²) in [5, 5.41) is 0. The first-order valence-electron chi connectivity index (χ1n) is 0.977. The van der Waals surface area contributed by atoms with Gasteiger partial charge < -0.3 is 1.43 Å². The topological polar surface area (TPSA) is 17.1 Å². The van der Waals surface area contributed by atoms with E-state index < -0.39 is 0 Å². The summed E-state index contributed by atoms with van der Waals surface area (Å²) >= 11 is 0. The minimum atomic E-state index is 0. The standard InChI is InChI=1S/C3H4O.Na.H/c1-2-3-4;;/h2-3H,1H2;;/q;+1;-1. The second kappa shape index (κ2) is 8.83. The number of hydrogen-bond donors (Lipinski definition) is 0. The van der Waals surface area contributed by atoms with Gasteiger partial charge >= 0.3 is 29.6 Å². The fourth-order valence-electron chi connectivity index (χ4n) is 0. The van der Waals surface area contributed by atoms with E-state index in [-0.39, 0.29) is 31.0 Å². The van der Waals surface area contributed by atoms with Crippen LogP contribution in [0.4, 0.5) is 0 Å². The van der Waals surface area contributed by atoms with E-state index in [0.717, 1.165) is 0 Å². The summed E-state index contributed by atoms with van der Waals surface area (Å²) in [5.41, 5.74) is 0. The normalized spacial score (nSPS) is 4.00. The van der Waals surface area contributed by atoms with Crippen LogP contribution in [0.1, 0.15) is 1.43 Å². The molecule has 5 heavy (non-hydrogen) atoms. The van der Waals surface area contributed by atoms with Crippen molar-refractivity contribution in [3.05, 3.63) is 12.7 Å². The van der Waals surface area contributed by atoms with Gasteiger partial charge in [-0.2, -0.15) is 0 Å². The largest absolute Gasteiger partial charge is 1.00 e. The van der Waals surface area contributed by atoms with Gasteiger partial charge in [-0.3, -0.25) is 4.79 Å². The van der Waals surface area contributed by atoms with Crippen molar-refractivity contribution in [3.63, 3.8) is 0 Å². The number of allylic oxidation sites excluding steroid dienone is 1. The second-order valence-electron chi connectivity index (χ2n) is 0.372. The Hall–Kier alpha value is 0.410. The molecule has 0 heterocycles. The Kier molecular flexibility index (Phi) is 16.0. The molecule has 0 atom stereocenters. The average Bonchev–Trinajstić information content (AvgIpc) is 1.37. The summed E-state index contributed by atoms with van der Waals surface area (Å²) in [6.07, 6.45) is 1.83. The van der Waals surface area contributed by atoms with Crippen LogP contribution in [0.25, 0.3) is 0 Å². The van der Waals surface area contributed by atoms with E-state index in [1.54, 1.807) is 0 Å². The summed E-state index contributed by atoms with van der Waals surface area (Å²) in [6.45, 7) is 3.11. The molecule has 0 aromatic carbocycles. The van der Waals surface area contributed by atoms with Crippen LogP contribution in [0.15, 0.2) is 12.7 Å². The minimum absolute atomic E-state index is 0. The van der Waals surface area contributed by atoms with Crippen LogP contribution in [-0.2, 0) is 4.79 Å². The SMILES string of the molecule is C=CC=O.[H-].[Na+]. The summed E-state index contributed by atoms with van der Waals surface area (Å²) in [4.78, 5) is 9.06. The van der Waals surface area contributed by atoms with Crippen molar-refractivity contribution in [2.24, 2.45) is 0 Å². The maximum Gasteiger partial charge on any atom is 1.00 e. The molecular formula is C3H5NaO. The van der Waals surface area contributed by atoms with Gasteiger partial charge in [-0.25, -0.2) is 0 Å². The maximum atomic E-state index is 9.06. The number of carbonyl (C=O) groups is 1. The zero-order valence-electron chi connectivity index (χ0n) is 4.27. The molecule has 2 heteroatoms. The van der Waals surface area contributed by atoms with Crippen LogP contribution < -0.4 is 29.6 Å². The van der Waals surface area contributed by atoms with Crippen LogP contribution in [0.3, 0.4) is 0 Å². The molecule has 0 aliphatic carbocycles. The first-order chi connectivity index (χ1) is 1.91. The van der Waals surface area contributed by atoms with E-state index in [9.17, 15) is 0 Å². The Morgan fingerprint density at radius 3 is 2.00 bits per heavy atom. The second-order valence-corrected chi connectivity index (χ2v) is 0.372. The van der Waals surface area contributed by atoms with Crippen LogP contribution >= 0.6 is 0 Å². The first-order valence-corrected chi connectivity index (χ1v) is 0.977. The van der Waals surface area contributed by atoms with Gasteiger partial charge in [0.1, 0.15) is 6.29 Å². The molecule has 0 N–H and O–H groups in total. The molecule has 0 aromatic rings. The Morgan fingerprint density at radius 1 is 1.80 bits per heavy atom.